The van der Waals surface area contributed by atoms with Gasteiger partial charge in [0.1, 0.15) is 13.1 Å². The van der Waals surface area contributed by atoms with Crippen molar-refractivity contribution in [3.63, 3.8) is 0 Å². The van der Waals surface area contributed by atoms with E-state index in [0.717, 1.165) is 26.2 Å². The fraction of sp³-hybridized carbons (Fsp3) is 0.231. The van der Waals surface area contributed by atoms with Gasteiger partial charge in [-0.3, -0.25) is 0 Å². The van der Waals surface area contributed by atoms with Gasteiger partial charge < -0.3 is 9.80 Å². The molecule has 28 heavy (non-hydrogen) atoms. The number of piperazine rings is 1. The number of hydrogen-bond donors (Lipinski definition) is 1. The van der Waals surface area contributed by atoms with Crippen LogP contribution in [0, 0.1) is 0 Å². The van der Waals surface area contributed by atoms with E-state index in [1.807, 2.05) is 0 Å². The molecule has 0 saturated carbocycles. The lowest BCUT2D eigenvalue weighted by atomic mass is 9.88. The van der Waals surface area contributed by atoms with E-state index in [9.17, 15) is 0 Å². The van der Waals surface area contributed by atoms with Gasteiger partial charge in [-0.2, -0.15) is 0 Å². The number of quaternary nitrogens is 1. The molecule has 2 nitrogen and oxygen atoms in total. The van der Waals surface area contributed by atoms with E-state index in [1.54, 1.807) is 0 Å². The summed E-state index contributed by atoms with van der Waals surface area (Å²) in [7, 11) is 0. The van der Waals surface area contributed by atoms with E-state index >= 15 is 0 Å². The van der Waals surface area contributed by atoms with Gasteiger partial charge in [0.25, 0.3) is 0 Å². The molecule has 0 atom stereocenters. The summed E-state index contributed by atoms with van der Waals surface area (Å²) in [6, 6.07) is 27.3. The van der Waals surface area contributed by atoms with Crippen molar-refractivity contribution >= 4 is 21.5 Å². The molecule has 2 aliphatic rings. The number of nitrogens with one attached hydrogen (secondary N) is 1. The highest BCUT2D eigenvalue weighted by atomic mass is 15.4. The number of benzene rings is 4. The first-order valence-corrected chi connectivity index (χ1v) is 10.4. The van der Waals surface area contributed by atoms with Gasteiger partial charge in [-0.1, -0.05) is 72.8 Å². The van der Waals surface area contributed by atoms with Gasteiger partial charge in [0.05, 0.1) is 13.1 Å². The van der Waals surface area contributed by atoms with Crippen LogP contribution >= 0.6 is 0 Å². The Hall–Kier alpha value is -2.68. The zero-order valence-electron chi connectivity index (χ0n) is 16.1. The maximum absolute atomic E-state index is 3.57. The standard InChI is InChI=1S/C26H25N2/c1-3-7-23-19(5-1)9-11-21-17-28(15-13-27-14-16-28)18-22-12-10-20-6-2-4-8-24(20)26(22)25(21)23/h1-12,27H,13-18H2/q+1. The molecule has 0 amide bonds. The minimum Gasteiger partial charge on any atom is -0.314 e. The quantitative estimate of drug-likeness (QED) is 0.428. The Morgan fingerprint density at radius 3 is 1.61 bits per heavy atom. The zero-order chi connectivity index (χ0) is 18.6. The summed E-state index contributed by atoms with van der Waals surface area (Å²) in [4.78, 5) is 0. The van der Waals surface area contributed by atoms with Crippen molar-refractivity contribution in [2.45, 2.75) is 13.1 Å². The Morgan fingerprint density at radius 1 is 0.571 bits per heavy atom. The summed E-state index contributed by atoms with van der Waals surface area (Å²) < 4.78 is 1.17. The van der Waals surface area contributed by atoms with Gasteiger partial charge in [-0.05, 0) is 32.7 Å². The Labute approximate surface area is 166 Å². The van der Waals surface area contributed by atoms with Crippen molar-refractivity contribution in [1.82, 2.24) is 5.32 Å². The first-order valence-electron chi connectivity index (χ1n) is 10.4. The van der Waals surface area contributed by atoms with E-state index in [2.05, 4.69) is 78.1 Å². The van der Waals surface area contributed by atoms with Crippen molar-refractivity contribution in [2.24, 2.45) is 0 Å². The molecule has 2 heteroatoms. The summed E-state index contributed by atoms with van der Waals surface area (Å²) in [6.45, 7) is 6.91. The van der Waals surface area contributed by atoms with Gasteiger partial charge >= 0.3 is 0 Å². The number of hydrogen-bond acceptors (Lipinski definition) is 1. The highest BCUT2D eigenvalue weighted by Gasteiger charge is 2.35. The maximum Gasteiger partial charge on any atom is 0.105 e. The average molecular weight is 366 g/mol. The van der Waals surface area contributed by atoms with Gasteiger partial charge in [0.15, 0.2) is 0 Å². The molecule has 2 aliphatic heterocycles. The third kappa shape index (κ3) is 2.42. The molecular weight excluding hydrogens is 340 g/mol. The van der Waals surface area contributed by atoms with E-state index < -0.39 is 0 Å². The molecule has 0 radical (unpaired) electrons. The van der Waals surface area contributed by atoms with Crippen LogP contribution in [0.15, 0.2) is 72.8 Å². The van der Waals surface area contributed by atoms with Crippen molar-refractivity contribution in [3.8, 4) is 11.1 Å². The molecule has 2 heterocycles. The SMILES string of the molecule is c1ccc2c3c(ccc2c1)C[N+]1(CCNCC1)Cc1ccc2ccccc2c1-3. The van der Waals surface area contributed by atoms with Gasteiger partial charge in [-0.15, -0.1) is 0 Å². The Morgan fingerprint density at radius 2 is 1.07 bits per heavy atom. The Bertz CT molecular complexity index is 1110. The molecule has 4 aromatic carbocycles. The molecule has 0 aliphatic carbocycles. The molecule has 0 bridgehead atoms. The molecule has 6 rings (SSSR count). The van der Waals surface area contributed by atoms with Crippen molar-refractivity contribution < 1.29 is 4.48 Å². The lowest BCUT2D eigenvalue weighted by Gasteiger charge is -2.41. The van der Waals surface area contributed by atoms with E-state index in [-0.39, 0.29) is 0 Å². The van der Waals surface area contributed by atoms with E-state index in [4.69, 9.17) is 0 Å². The van der Waals surface area contributed by atoms with E-state index in [1.165, 1.54) is 61.4 Å². The van der Waals surface area contributed by atoms with Gasteiger partial charge in [0.2, 0.25) is 0 Å². The molecule has 1 fully saturated rings. The van der Waals surface area contributed by atoms with Crippen LogP contribution in [-0.4, -0.2) is 30.7 Å². The monoisotopic (exact) mass is 365 g/mol. The third-order valence-corrected chi connectivity index (χ3v) is 6.82. The Balaban J connectivity index is 1.74. The van der Waals surface area contributed by atoms with Crippen LogP contribution < -0.4 is 5.32 Å². The molecule has 1 spiro atoms. The van der Waals surface area contributed by atoms with Crippen LogP contribution in [0.2, 0.25) is 0 Å². The third-order valence-electron chi connectivity index (χ3n) is 6.82. The predicted molar refractivity (Wildman–Crippen MR) is 117 cm³/mol. The molecule has 1 N–H and O–H groups in total. The molecule has 138 valence electrons. The summed E-state index contributed by atoms with van der Waals surface area (Å²) in [5, 5.41) is 9.04. The minimum atomic E-state index is 1.12. The maximum atomic E-state index is 3.57. The van der Waals surface area contributed by atoms with Crippen molar-refractivity contribution in [1.29, 1.82) is 0 Å². The molecule has 4 aromatic rings. The van der Waals surface area contributed by atoms with Crippen LogP contribution in [0.4, 0.5) is 0 Å². The normalized spacial score (nSPS) is 18.0. The summed E-state index contributed by atoms with van der Waals surface area (Å²) >= 11 is 0. The largest absolute Gasteiger partial charge is 0.314 e. The second-order valence-corrected chi connectivity index (χ2v) is 8.50. The van der Waals surface area contributed by atoms with Crippen molar-refractivity contribution in [3.05, 3.63) is 83.9 Å². The molecule has 0 unspecified atom stereocenters. The minimum absolute atomic E-state index is 1.12. The molecular formula is C26H25N2+. The topological polar surface area (TPSA) is 12.0 Å². The van der Waals surface area contributed by atoms with Crippen LogP contribution in [0.3, 0.4) is 0 Å². The second-order valence-electron chi connectivity index (χ2n) is 8.50. The summed E-state index contributed by atoms with van der Waals surface area (Å²) in [6.07, 6.45) is 0. The van der Waals surface area contributed by atoms with Crippen molar-refractivity contribution in [2.75, 3.05) is 26.2 Å². The zero-order valence-corrected chi connectivity index (χ0v) is 16.1. The fourth-order valence-electron chi connectivity index (χ4n) is 5.45. The molecule has 1 saturated heterocycles. The van der Waals surface area contributed by atoms with Crippen LogP contribution in [0.1, 0.15) is 11.1 Å². The Kier molecular flexibility index (Phi) is 3.59. The summed E-state index contributed by atoms with van der Waals surface area (Å²) in [5.74, 6) is 0. The number of fused-ring (bicyclic) bond motifs is 7. The highest BCUT2D eigenvalue weighted by Crippen LogP contribution is 2.43. The number of nitrogens with zero attached hydrogens (tertiary/aromatic N) is 1. The first kappa shape index (κ1) is 16.3. The lowest BCUT2D eigenvalue weighted by Crippen LogP contribution is -2.57. The average Bonchev–Trinajstić information content (AvgIpc) is 2.88. The molecule has 0 aromatic heterocycles. The fourth-order valence-corrected chi connectivity index (χ4v) is 5.45. The smallest absolute Gasteiger partial charge is 0.105 e. The first-order chi connectivity index (χ1) is 13.8. The van der Waals surface area contributed by atoms with Gasteiger partial charge in [-0.25, -0.2) is 0 Å². The predicted octanol–water partition coefficient (Wildman–Crippen LogP) is 5.09. The van der Waals surface area contributed by atoms with Crippen LogP contribution in [0.5, 0.6) is 0 Å². The van der Waals surface area contributed by atoms with Gasteiger partial charge in [0, 0.05) is 24.2 Å². The second kappa shape index (κ2) is 6.16. The number of rotatable bonds is 0. The highest BCUT2D eigenvalue weighted by molar-refractivity contribution is 6.07. The van der Waals surface area contributed by atoms with Crippen LogP contribution in [0.25, 0.3) is 32.7 Å². The summed E-state index contributed by atoms with van der Waals surface area (Å²) in [5.41, 5.74) is 5.96. The van der Waals surface area contributed by atoms with Crippen LogP contribution in [-0.2, 0) is 13.1 Å². The lowest BCUT2D eigenvalue weighted by molar-refractivity contribution is -0.954. The van der Waals surface area contributed by atoms with E-state index in [0.29, 0.717) is 0 Å².